The minimum Gasteiger partial charge on any atom is -0.506 e. The number of non-ortho nitro benzene ring substituents is 1. The van der Waals surface area contributed by atoms with Crippen LogP contribution in [-0.2, 0) is 4.79 Å². The van der Waals surface area contributed by atoms with Crippen molar-refractivity contribution >= 4 is 22.9 Å². The van der Waals surface area contributed by atoms with Crippen LogP contribution in [0.1, 0.15) is 26.3 Å². The van der Waals surface area contributed by atoms with Gasteiger partial charge in [0.25, 0.3) is 11.4 Å². The van der Waals surface area contributed by atoms with Crippen LogP contribution in [0.2, 0.25) is 0 Å². The van der Waals surface area contributed by atoms with Crippen molar-refractivity contribution in [3.05, 3.63) is 49.6 Å². The summed E-state index contributed by atoms with van der Waals surface area (Å²) in [6, 6.07) is 4.06. The summed E-state index contributed by atoms with van der Waals surface area (Å²) < 4.78 is 0. The lowest BCUT2D eigenvalue weighted by atomic mass is 9.85. The lowest BCUT2D eigenvalue weighted by Crippen LogP contribution is -2.22. The topological polar surface area (TPSA) is 147 Å². The Morgan fingerprint density at radius 3 is 2.17 bits per heavy atom. The van der Waals surface area contributed by atoms with Gasteiger partial charge in [-0.1, -0.05) is 20.8 Å². The smallest absolute Gasteiger partial charge is 0.287 e. The molecule has 0 fully saturated rings. The first-order chi connectivity index (χ1) is 10.5. The minimum atomic E-state index is -0.991. The summed E-state index contributed by atoms with van der Waals surface area (Å²) in [5.74, 6) is -1.58. The number of benzene rings is 1. The number of nitro benzene ring substituents is 2. The molecule has 0 bridgehead atoms. The number of aliphatic hydroxyl groups excluding tert-OH is 1. The number of carbonyl (C=O) groups excluding carboxylic acids is 1. The molecule has 23 heavy (non-hydrogen) atoms. The lowest BCUT2D eigenvalue weighted by Gasteiger charge is -2.16. The van der Waals surface area contributed by atoms with E-state index in [-0.39, 0.29) is 0 Å². The lowest BCUT2D eigenvalue weighted by molar-refractivity contribution is -0.394. The zero-order valence-electron chi connectivity index (χ0n) is 12.6. The van der Waals surface area contributed by atoms with Gasteiger partial charge in [-0.05, 0) is 6.07 Å². The number of Topliss-reactive ketones (excluding diaryl/α,β-unsaturated/α-hetero) is 1. The third-order valence-electron chi connectivity index (χ3n) is 2.90. The van der Waals surface area contributed by atoms with Gasteiger partial charge in [0.1, 0.15) is 11.6 Å². The van der Waals surface area contributed by atoms with Gasteiger partial charge >= 0.3 is 0 Å². The number of nitrogens with zero attached hydrogens (tertiary/aromatic N) is 3. The molecule has 0 amide bonds. The fraction of sp³-hybridized carbons (Fsp3) is 0.286. The van der Waals surface area contributed by atoms with Crippen molar-refractivity contribution in [2.45, 2.75) is 20.8 Å². The monoisotopic (exact) mass is 319 g/mol. The van der Waals surface area contributed by atoms with Gasteiger partial charge < -0.3 is 5.11 Å². The SMILES string of the molecule is CC(C)(C)C(=O)C(C#N)=C(O)c1ccc([N+](=O)[O-])cc1[N+](=O)[O-]. The molecule has 0 unspecified atom stereocenters. The van der Waals surface area contributed by atoms with E-state index in [1.54, 1.807) is 0 Å². The minimum absolute atomic E-state index is 0.435. The number of rotatable bonds is 4. The zero-order chi connectivity index (χ0) is 17.9. The molecule has 0 aliphatic rings. The second-order valence-corrected chi connectivity index (χ2v) is 5.63. The molecule has 0 saturated carbocycles. The largest absolute Gasteiger partial charge is 0.506 e. The highest BCUT2D eigenvalue weighted by Crippen LogP contribution is 2.32. The number of carbonyl (C=O) groups is 1. The van der Waals surface area contributed by atoms with Crippen molar-refractivity contribution in [3.63, 3.8) is 0 Å². The number of nitriles is 1. The normalized spacial score (nSPS) is 12.1. The summed E-state index contributed by atoms with van der Waals surface area (Å²) in [5.41, 5.74) is -3.39. The van der Waals surface area contributed by atoms with Gasteiger partial charge in [0.2, 0.25) is 0 Å². The molecule has 1 aromatic rings. The molecular formula is C14H13N3O6. The zero-order valence-corrected chi connectivity index (χ0v) is 12.6. The number of ketones is 1. The van der Waals surface area contributed by atoms with Gasteiger partial charge in [0.15, 0.2) is 11.5 Å². The van der Waals surface area contributed by atoms with Crippen molar-refractivity contribution < 1.29 is 19.7 Å². The van der Waals surface area contributed by atoms with E-state index < -0.39 is 49.3 Å². The van der Waals surface area contributed by atoms with Crippen LogP contribution >= 0.6 is 0 Å². The molecule has 0 aliphatic carbocycles. The van der Waals surface area contributed by atoms with E-state index in [4.69, 9.17) is 5.26 Å². The number of allylic oxidation sites excluding steroid dienone is 1. The van der Waals surface area contributed by atoms with Gasteiger partial charge in [-0.25, -0.2) is 0 Å². The number of hydrogen-bond donors (Lipinski definition) is 1. The van der Waals surface area contributed by atoms with Gasteiger partial charge in [-0.2, -0.15) is 5.26 Å². The Labute approximate surface area is 130 Å². The molecule has 1 N–H and O–H groups in total. The van der Waals surface area contributed by atoms with Crippen molar-refractivity contribution in [3.8, 4) is 6.07 Å². The van der Waals surface area contributed by atoms with E-state index in [0.717, 1.165) is 12.1 Å². The van der Waals surface area contributed by atoms with E-state index in [1.165, 1.54) is 26.8 Å². The number of hydrogen-bond acceptors (Lipinski definition) is 7. The first-order valence-corrected chi connectivity index (χ1v) is 6.32. The Hall–Kier alpha value is -3.28. The standard InChI is InChI=1S/C14H13N3O6/c1-14(2,3)13(19)10(7-15)12(18)9-5-4-8(16(20)21)6-11(9)17(22)23/h4-6,18H,1-3H3. The van der Waals surface area contributed by atoms with Crippen molar-refractivity contribution in [2.75, 3.05) is 0 Å². The Bertz CT molecular complexity index is 768. The quantitative estimate of drug-likeness (QED) is 0.295. The van der Waals surface area contributed by atoms with E-state index in [9.17, 15) is 30.1 Å². The summed E-state index contributed by atoms with van der Waals surface area (Å²) in [7, 11) is 0. The maximum absolute atomic E-state index is 12.1. The first kappa shape index (κ1) is 17.8. The Morgan fingerprint density at radius 1 is 1.22 bits per heavy atom. The third kappa shape index (κ3) is 3.68. The van der Waals surface area contributed by atoms with Crippen molar-refractivity contribution in [1.82, 2.24) is 0 Å². The van der Waals surface area contributed by atoms with Crippen LogP contribution in [0.15, 0.2) is 23.8 Å². The van der Waals surface area contributed by atoms with Gasteiger partial charge in [-0.15, -0.1) is 0 Å². The third-order valence-corrected chi connectivity index (χ3v) is 2.90. The first-order valence-electron chi connectivity index (χ1n) is 6.32. The van der Waals surface area contributed by atoms with E-state index >= 15 is 0 Å². The number of nitro groups is 2. The summed E-state index contributed by atoms with van der Waals surface area (Å²) >= 11 is 0. The molecule has 0 saturated heterocycles. The molecular weight excluding hydrogens is 306 g/mol. The highest BCUT2D eigenvalue weighted by molar-refractivity contribution is 6.08. The Balaban J connectivity index is 3.65. The Kier molecular flexibility index (Phi) is 4.81. The fourth-order valence-corrected chi connectivity index (χ4v) is 1.71. The van der Waals surface area contributed by atoms with Crippen molar-refractivity contribution in [2.24, 2.45) is 5.41 Å². The molecule has 0 atom stereocenters. The molecule has 0 spiro atoms. The molecule has 120 valence electrons. The molecule has 9 heteroatoms. The molecule has 0 aromatic heterocycles. The van der Waals surface area contributed by atoms with E-state index in [0.29, 0.717) is 6.07 Å². The molecule has 9 nitrogen and oxygen atoms in total. The van der Waals surface area contributed by atoms with Crippen LogP contribution in [0.5, 0.6) is 0 Å². The molecule has 0 aliphatic heterocycles. The summed E-state index contributed by atoms with van der Waals surface area (Å²) in [6.45, 7) is 4.55. The van der Waals surface area contributed by atoms with Crippen LogP contribution in [0.3, 0.4) is 0 Å². The van der Waals surface area contributed by atoms with Crippen LogP contribution in [0.25, 0.3) is 5.76 Å². The predicted molar refractivity (Wildman–Crippen MR) is 79.4 cm³/mol. The van der Waals surface area contributed by atoms with E-state index in [2.05, 4.69) is 0 Å². The maximum atomic E-state index is 12.1. The highest BCUT2D eigenvalue weighted by atomic mass is 16.6. The van der Waals surface area contributed by atoms with Gasteiger partial charge in [0.05, 0.1) is 21.5 Å². The average Bonchev–Trinajstić information content (AvgIpc) is 2.45. The molecule has 1 rings (SSSR count). The molecule has 0 radical (unpaired) electrons. The number of aliphatic hydroxyl groups is 1. The van der Waals surface area contributed by atoms with Crippen LogP contribution in [-0.4, -0.2) is 20.7 Å². The second kappa shape index (κ2) is 6.23. The summed E-state index contributed by atoms with van der Waals surface area (Å²) in [6.07, 6.45) is 0. The predicted octanol–water partition coefficient (Wildman–Crippen LogP) is 2.91. The van der Waals surface area contributed by atoms with Crippen LogP contribution in [0.4, 0.5) is 11.4 Å². The molecule has 1 aromatic carbocycles. The van der Waals surface area contributed by atoms with E-state index in [1.807, 2.05) is 0 Å². The maximum Gasteiger partial charge on any atom is 0.287 e. The van der Waals surface area contributed by atoms with Gasteiger partial charge in [-0.3, -0.25) is 25.0 Å². The van der Waals surface area contributed by atoms with Crippen LogP contribution < -0.4 is 0 Å². The highest BCUT2D eigenvalue weighted by Gasteiger charge is 2.31. The Morgan fingerprint density at radius 2 is 1.78 bits per heavy atom. The van der Waals surface area contributed by atoms with Crippen LogP contribution in [0, 0.1) is 37.0 Å². The summed E-state index contributed by atoms with van der Waals surface area (Å²) in [4.78, 5) is 32.1. The second-order valence-electron chi connectivity index (χ2n) is 5.63. The van der Waals surface area contributed by atoms with Crippen molar-refractivity contribution in [1.29, 1.82) is 5.26 Å². The molecule has 0 heterocycles. The summed E-state index contributed by atoms with van der Waals surface area (Å²) in [5, 5.41) is 41.0. The van der Waals surface area contributed by atoms with Gasteiger partial charge in [0, 0.05) is 11.5 Å². The fourth-order valence-electron chi connectivity index (χ4n) is 1.71. The average molecular weight is 319 g/mol.